The average Bonchev–Trinajstić information content (AvgIpc) is 3.37. The Labute approximate surface area is 151 Å². The number of carbonyl (C=O) groups is 2. The number of rotatable bonds is 6. The van der Waals surface area contributed by atoms with Gasteiger partial charge < -0.3 is 24.1 Å². The van der Waals surface area contributed by atoms with Gasteiger partial charge in [-0.3, -0.25) is 9.59 Å². The van der Waals surface area contributed by atoms with Gasteiger partial charge in [0.25, 0.3) is 5.91 Å². The van der Waals surface area contributed by atoms with Crippen LogP contribution in [0.3, 0.4) is 0 Å². The van der Waals surface area contributed by atoms with Crippen LogP contribution < -0.4 is 14.8 Å². The van der Waals surface area contributed by atoms with E-state index in [0.717, 1.165) is 18.4 Å². The van der Waals surface area contributed by atoms with Gasteiger partial charge in [0.05, 0.1) is 33.1 Å². The highest BCUT2D eigenvalue weighted by atomic mass is 16.5. The molecule has 1 N–H and O–H groups in total. The van der Waals surface area contributed by atoms with E-state index in [2.05, 4.69) is 5.32 Å². The molecule has 26 heavy (non-hydrogen) atoms. The highest BCUT2D eigenvalue weighted by Crippen LogP contribution is 2.36. The molecule has 0 bridgehead atoms. The molecule has 1 aromatic carbocycles. The molecule has 2 amide bonds. The number of amides is 2. The fourth-order valence-electron chi connectivity index (χ4n) is 3.22. The SMILES string of the molecule is COc1ccc([C@@H]2CCCN2C(=O)CNC(=O)c2ccco2)cc1OC. The summed E-state index contributed by atoms with van der Waals surface area (Å²) in [6, 6.07) is 8.83. The van der Waals surface area contributed by atoms with Crippen LogP contribution in [-0.2, 0) is 4.79 Å². The standard InChI is InChI=1S/C19H22N2O5/c1-24-15-8-7-13(11-17(15)25-2)14-5-3-9-21(14)18(22)12-20-19(23)16-6-4-10-26-16/h4,6-8,10-11,14H,3,5,9,12H2,1-2H3,(H,20,23)/t14-/m0/s1. The van der Waals surface area contributed by atoms with E-state index >= 15 is 0 Å². The van der Waals surface area contributed by atoms with Crippen molar-refractivity contribution in [2.75, 3.05) is 27.3 Å². The van der Waals surface area contributed by atoms with Crippen molar-refractivity contribution in [2.45, 2.75) is 18.9 Å². The van der Waals surface area contributed by atoms with Gasteiger partial charge in [0.1, 0.15) is 0 Å². The third-order valence-corrected chi connectivity index (χ3v) is 4.51. The Balaban J connectivity index is 1.67. The van der Waals surface area contributed by atoms with E-state index in [1.807, 2.05) is 18.2 Å². The van der Waals surface area contributed by atoms with Crippen molar-refractivity contribution in [2.24, 2.45) is 0 Å². The first-order chi connectivity index (χ1) is 12.6. The molecular formula is C19H22N2O5. The fraction of sp³-hybridized carbons (Fsp3) is 0.368. The summed E-state index contributed by atoms with van der Waals surface area (Å²) in [5, 5.41) is 2.61. The number of furan rings is 1. The summed E-state index contributed by atoms with van der Waals surface area (Å²) in [5.74, 6) is 0.955. The molecule has 0 radical (unpaired) electrons. The van der Waals surface area contributed by atoms with E-state index in [-0.39, 0.29) is 24.3 Å². The Morgan fingerprint density at radius 2 is 2.04 bits per heavy atom. The quantitative estimate of drug-likeness (QED) is 0.857. The number of hydrogen-bond donors (Lipinski definition) is 1. The molecule has 0 saturated carbocycles. The fourth-order valence-corrected chi connectivity index (χ4v) is 3.22. The van der Waals surface area contributed by atoms with Crippen molar-refractivity contribution in [3.8, 4) is 11.5 Å². The van der Waals surface area contributed by atoms with Crippen molar-refractivity contribution in [3.05, 3.63) is 47.9 Å². The number of carbonyl (C=O) groups excluding carboxylic acids is 2. The molecule has 1 fully saturated rings. The normalized spacial score (nSPS) is 16.4. The maximum Gasteiger partial charge on any atom is 0.287 e. The van der Waals surface area contributed by atoms with Gasteiger partial charge in [-0.1, -0.05) is 6.07 Å². The van der Waals surface area contributed by atoms with Crippen molar-refractivity contribution in [1.29, 1.82) is 0 Å². The first-order valence-electron chi connectivity index (χ1n) is 8.47. The number of methoxy groups -OCH3 is 2. The number of hydrogen-bond acceptors (Lipinski definition) is 5. The van der Waals surface area contributed by atoms with Gasteiger partial charge in [0, 0.05) is 6.54 Å². The third-order valence-electron chi connectivity index (χ3n) is 4.51. The van der Waals surface area contributed by atoms with E-state index in [1.165, 1.54) is 6.26 Å². The molecule has 7 heteroatoms. The molecular weight excluding hydrogens is 336 g/mol. The van der Waals surface area contributed by atoms with E-state index in [1.54, 1.807) is 31.3 Å². The van der Waals surface area contributed by atoms with Crippen molar-refractivity contribution < 1.29 is 23.5 Å². The van der Waals surface area contributed by atoms with Gasteiger partial charge in [-0.15, -0.1) is 0 Å². The molecule has 0 unspecified atom stereocenters. The van der Waals surface area contributed by atoms with Gasteiger partial charge in [-0.05, 0) is 42.7 Å². The zero-order chi connectivity index (χ0) is 18.5. The van der Waals surface area contributed by atoms with E-state index < -0.39 is 5.91 Å². The van der Waals surface area contributed by atoms with Crippen LogP contribution in [0.25, 0.3) is 0 Å². The smallest absolute Gasteiger partial charge is 0.287 e. The largest absolute Gasteiger partial charge is 0.493 e. The Hall–Kier alpha value is -2.96. The molecule has 1 aromatic heterocycles. The molecule has 2 heterocycles. The molecule has 7 nitrogen and oxygen atoms in total. The third kappa shape index (κ3) is 3.66. The lowest BCUT2D eigenvalue weighted by molar-refractivity contribution is -0.131. The van der Waals surface area contributed by atoms with Gasteiger partial charge in [0.15, 0.2) is 17.3 Å². The highest BCUT2D eigenvalue weighted by Gasteiger charge is 2.30. The number of nitrogens with zero attached hydrogens (tertiary/aromatic N) is 1. The van der Waals surface area contributed by atoms with Crippen LogP contribution in [0.1, 0.15) is 35.0 Å². The van der Waals surface area contributed by atoms with Crippen LogP contribution >= 0.6 is 0 Å². The van der Waals surface area contributed by atoms with Crippen molar-refractivity contribution >= 4 is 11.8 Å². The van der Waals surface area contributed by atoms with Crippen LogP contribution in [0.15, 0.2) is 41.0 Å². The molecule has 0 aliphatic carbocycles. The lowest BCUT2D eigenvalue weighted by atomic mass is 10.0. The number of nitrogens with one attached hydrogen (secondary N) is 1. The number of ether oxygens (including phenoxy) is 2. The van der Waals surface area contributed by atoms with Crippen molar-refractivity contribution in [1.82, 2.24) is 10.2 Å². The summed E-state index contributed by atoms with van der Waals surface area (Å²) in [4.78, 5) is 26.3. The summed E-state index contributed by atoms with van der Waals surface area (Å²) in [7, 11) is 3.17. The minimum absolute atomic E-state index is 0.0391. The highest BCUT2D eigenvalue weighted by molar-refractivity contribution is 5.94. The Kier molecular flexibility index (Phi) is 5.46. The van der Waals surface area contributed by atoms with Crippen LogP contribution in [0.2, 0.25) is 0 Å². The number of likely N-dealkylation sites (tertiary alicyclic amines) is 1. The summed E-state index contributed by atoms with van der Waals surface area (Å²) in [6.07, 6.45) is 3.20. The first-order valence-corrected chi connectivity index (χ1v) is 8.47. The minimum Gasteiger partial charge on any atom is -0.493 e. The van der Waals surface area contributed by atoms with E-state index in [0.29, 0.717) is 18.0 Å². The monoisotopic (exact) mass is 358 g/mol. The maximum absolute atomic E-state index is 12.6. The van der Waals surface area contributed by atoms with Crippen molar-refractivity contribution in [3.63, 3.8) is 0 Å². The molecule has 138 valence electrons. The molecule has 0 spiro atoms. The lowest BCUT2D eigenvalue weighted by Gasteiger charge is -2.25. The van der Waals surface area contributed by atoms with Gasteiger partial charge in [-0.2, -0.15) is 0 Å². The Bertz CT molecular complexity index is 772. The molecule has 1 aliphatic heterocycles. The summed E-state index contributed by atoms with van der Waals surface area (Å²) < 4.78 is 15.7. The molecule has 2 aromatic rings. The molecule has 1 atom stereocenters. The van der Waals surface area contributed by atoms with Gasteiger partial charge >= 0.3 is 0 Å². The van der Waals surface area contributed by atoms with E-state index in [9.17, 15) is 9.59 Å². The van der Waals surface area contributed by atoms with Gasteiger partial charge in [-0.25, -0.2) is 0 Å². The zero-order valence-corrected chi connectivity index (χ0v) is 14.9. The predicted octanol–water partition coefficient (Wildman–Crippen LogP) is 2.39. The molecule has 3 rings (SSSR count). The zero-order valence-electron chi connectivity index (χ0n) is 14.9. The maximum atomic E-state index is 12.6. The van der Waals surface area contributed by atoms with Gasteiger partial charge in [0.2, 0.25) is 5.91 Å². The topological polar surface area (TPSA) is 81.0 Å². The average molecular weight is 358 g/mol. The predicted molar refractivity (Wildman–Crippen MR) is 94.3 cm³/mol. The summed E-state index contributed by atoms with van der Waals surface area (Å²) in [5.41, 5.74) is 0.992. The molecule has 1 aliphatic rings. The second-order valence-corrected chi connectivity index (χ2v) is 6.02. The van der Waals surface area contributed by atoms with Crippen LogP contribution in [-0.4, -0.2) is 44.0 Å². The lowest BCUT2D eigenvalue weighted by Crippen LogP contribution is -2.39. The van der Waals surface area contributed by atoms with Crippen LogP contribution in [0.4, 0.5) is 0 Å². The summed E-state index contributed by atoms with van der Waals surface area (Å²) >= 11 is 0. The first kappa shape index (κ1) is 17.8. The Morgan fingerprint density at radius 1 is 1.23 bits per heavy atom. The minimum atomic E-state index is -0.398. The Morgan fingerprint density at radius 3 is 2.73 bits per heavy atom. The van der Waals surface area contributed by atoms with Crippen LogP contribution in [0.5, 0.6) is 11.5 Å². The number of benzene rings is 1. The van der Waals surface area contributed by atoms with Crippen LogP contribution in [0, 0.1) is 0 Å². The summed E-state index contributed by atoms with van der Waals surface area (Å²) in [6.45, 7) is 0.595. The molecule has 1 saturated heterocycles. The van der Waals surface area contributed by atoms with E-state index in [4.69, 9.17) is 13.9 Å². The second-order valence-electron chi connectivity index (χ2n) is 6.02. The second kappa shape index (κ2) is 7.95.